The lowest BCUT2D eigenvalue weighted by Crippen LogP contribution is -2.66. The molecule has 2 amide bonds. The molecule has 4 heterocycles. The monoisotopic (exact) mass is 392 g/mol. The number of aryl methyl sites for hydroxylation is 1. The van der Waals surface area contributed by atoms with Gasteiger partial charge in [-0.3, -0.25) is 19.1 Å². The van der Waals surface area contributed by atoms with E-state index in [1.807, 2.05) is 22.9 Å². The van der Waals surface area contributed by atoms with Crippen molar-refractivity contribution in [3.8, 4) is 0 Å². The molecule has 4 rings (SSSR count). The molecule has 9 nitrogen and oxygen atoms in total. The van der Waals surface area contributed by atoms with Gasteiger partial charge in [-0.25, -0.2) is 0 Å². The Labute approximate surface area is 163 Å². The van der Waals surface area contributed by atoms with Crippen molar-refractivity contribution in [1.29, 1.82) is 0 Å². The van der Waals surface area contributed by atoms with Gasteiger partial charge in [-0.2, -0.15) is 5.10 Å². The van der Waals surface area contributed by atoms with Crippen LogP contribution in [0.15, 0.2) is 12.4 Å². The minimum atomic E-state index is -0.250. The van der Waals surface area contributed by atoms with E-state index in [-0.39, 0.29) is 49.4 Å². The highest BCUT2D eigenvalue weighted by atomic mass is 16.3. The highest BCUT2D eigenvalue weighted by Gasteiger charge is 2.49. The van der Waals surface area contributed by atoms with E-state index in [1.54, 1.807) is 10.9 Å². The third-order valence-corrected chi connectivity index (χ3v) is 6.10. The first-order valence-corrected chi connectivity index (χ1v) is 9.75. The van der Waals surface area contributed by atoms with E-state index >= 15 is 0 Å². The molecule has 1 aromatic heterocycles. The number of carboxylic acid groups (broad SMARTS) is 1. The van der Waals surface area contributed by atoms with Crippen molar-refractivity contribution in [2.45, 2.75) is 51.2 Å². The lowest BCUT2D eigenvalue weighted by Gasteiger charge is -2.56. The van der Waals surface area contributed by atoms with Gasteiger partial charge in [-0.05, 0) is 43.6 Å². The van der Waals surface area contributed by atoms with Crippen LogP contribution in [0, 0.1) is 18.8 Å². The van der Waals surface area contributed by atoms with Gasteiger partial charge in [0.25, 0.3) is 6.47 Å². The number of carbonyl (C=O) groups is 3. The molecule has 0 aromatic carbocycles. The molecule has 3 aliphatic heterocycles. The summed E-state index contributed by atoms with van der Waals surface area (Å²) in [5.74, 6) is 0.751. The lowest BCUT2D eigenvalue weighted by molar-refractivity contribution is -0.159. The van der Waals surface area contributed by atoms with Crippen LogP contribution in [0.5, 0.6) is 0 Å². The first-order valence-electron chi connectivity index (χ1n) is 9.75. The predicted octanol–water partition coefficient (Wildman–Crippen LogP) is 0.113. The highest BCUT2D eigenvalue weighted by molar-refractivity contribution is 5.78. The van der Waals surface area contributed by atoms with Crippen molar-refractivity contribution >= 4 is 18.3 Å². The van der Waals surface area contributed by atoms with Crippen LogP contribution in [0.1, 0.15) is 31.2 Å². The Hall–Kier alpha value is -2.42. The van der Waals surface area contributed by atoms with Gasteiger partial charge in [0.1, 0.15) is 6.54 Å². The molecule has 3 saturated heterocycles. The van der Waals surface area contributed by atoms with Crippen LogP contribution >= 0.6 is 0 Å². The maximum Gasteiger partial charge on any atom is 0.290 e. The summed E-state index contributed by atoms with van der Waals surface area (Å²) in [6.07, 6.45) is 7.13. The average Bonchev–Trinajstić information content (AvgIpc) is 3.08. The topological polar surface area (TPSA) is 116 Å². The van der Waals surface area contributed by atoms with Crippen molar-refractivity contribution < 1.29 is 24.6 Å². The van der Waals surface area contributed by atoms with Gasteiger partial charge < -0.3 is 20.0 Å². The summed E-state index contributed by atoms with van der Waals surface area (Å²) in [7, 11) is 0. The van der Waals surface area contributed by atoms with Crippen LogP contribution in [0.4, 0.5) is 0 Å². The standard InChI is InChI=1S/C18H26N4O3.CH2O2/c1-12-6-19-21(7-12)10-18(25)20-8-13-5-14(9-20)16(11-23)22-15(13)3-2-4-17(22)24;2-1-3/h6-7,13-16,23H,2-5,8-11H2,1H3;1H,(H,2,3)/t13-,14+,15+,16+;/m1./s1. The van der Waals surface area contributed by atoms with E-state index in [0.29, 0.717) is 25.4 Å². The zero-order valence-corrected chi connectivity index (χ0v) is 16.1. The van der Waals surface area contributed by atoms with Crippen LogP contribution in [-0.2, 0) is 20.9 Å². The molecule has 0 spiro atoms. The second-order valence-corrected chi connectivity index (χ2v) is 7.89. The summed E-state index contributed by atoms with van der Waals surface area (Å²) in [6, 6.07) is 0.0359. The molecule has 3 aliphatic rings. The summed E-state index contributed by atoms with van der Waals surface area (Å²) < 4.78 is 1.68. The second kappa shape index (κ2) is 8.72. The molecule has 2 N–H and O–H groups in total. The number of aliphatic hydroxyl groups excluding tert-OH is 1. The summed E-state index contributed by atoms with van der Waals surface area (Å²) in [5.41, 5.74) is 1.04. The second-order valence-electron chi connectivity index (χ2n) is 7.89. The van der Waals surface area contributed by atoms with Gasteiger partial charge in [0, 0.05) is 31.7 Å². The number of rotatable bonds is 3. The Bertz CT molecular complexity index is 707. The number of aliphatic hydroxyl groups is 1. The summed E-state index contributed by atoms with van der Waals surface area (Å²) in [4.78, 5) is 37.4. The molecule has 28 heavy (non-hydrogen) atoms. The van der Waals surface area contributed by atoms with Crippen LogP contribution in [-0.4, -0.2) is 79.9 Å². The Morgan fingerprint density at radius 1 is 1.36 bits per heavy atom. The van der Waals surface area contributed by atoms with Crippen LogP contribution in [0.25, 0.3) is 0 Å². The first-order chi connectivity index (χ1) is 13.5. The minimum Gasteiger partial charge on any atom is -0.483 e. The zero-order valence-electron chi connectivity index (χ0n) is 16.1. The smallest absolute Gasteiger partial charge is 0.290 e. The molecule has 3 fully saturated rings. The van der Waals surface area contributed by atoms with Gasteiger partial charge in [-0.15, -0.1) is 0 Å². The fourth-order valence-corrected chi connectivity index (χ4v) is 5.01. The van der Waals surface area contributed by atoms with Crippen molar-refractivity contribution in [1.82, 2.24) is 19.6 Å². The molecule has 9 heteroatoms. The third kappa shape index (κ3) is 4.04. The molecule has 1 aromatic rings. The van der Waals surface area contributed by atoms with E-state index in [0.717, 1.165) is 24.8 Å². The number of hydrogen-bond donors (Lipinski definition) is 2. The van der Waals surface area contributed by atoms with Crippen molar-refractivity contribution in [3.63, 3.8) is 0 Å². The van der Waals surface area contributed by atoms with Crippen LogP contribution in [0.2, 0.25) is 0 Å². The highest BCUT2D eigenvalue weighted by Crippen LogP contribution is 2.41. The Morgan fingerprint density at radius 3 is 2.71 bits per heavy atom. The zero-order chi connectivity index (χ0) is 20.3. The minimum absolute atomic E-state index is 0.0139. The van der Waals surface area contributed by atoms with Gasteiger partial charge in [0.05, 0.1) is 18.8 Å². The lowest BCUT2D eigenvalue weighted by atomic mass is 9.72. The Morgan fingerprint density at radius 2 is 2.07 bits per heavy atom. The van der Waals surface area contributed by atoms with Crippen molar-refractivity contribution in [2.75, 3.05) is 19.7 Å². The van der Waals surface area contributed by atoms with Crippen molar-refractivity contribution in [3.05, 3.63) is 18.0 Å². The third-order valence-electron chi connectivity index (χ3n) is 6.10. The first kappa shape index (κ1) is 20.3. The molecule has 154 valence electrons. The number of nitrogens with zero attached hydrogens (tertiary/aromatic N) is 4. The van der Waals surface area contributed by atoms with Gasteiger partial charge in [-0.1, -0.05) is 0 Å². The predicted molar refractivity (Wildman–Crippen MR) is 99.2 cm³/mol. The number of aromatic nitrogens is 2. The number of piperidine rings is 3. The molecule has 0 aliphatic carbocycles. The van der Waals surface area contributed by atoms with E-state index in [2.05, 4.69) is 5.10 Å². The number of fused-ring (bicyclic) bond motifs is 4. The largest absolute Gasteiger partial charge is 0.483 e. The number of hydrogen-bond acceptors (Lipinski definition) is 5. The van der Waals surface area contributed by atoms with E-state index in [4.69, 9.17) is 9.90 Å². The van der Waals surface area contributed by atoms with Gasteiger partial charge >= 0.3 is 0 Å². The van der Waals surface area contributed by atoms with Crippen LogP contribution in [0.3, 0.4) is 0 Å². The maximum atomic E-state index is 12.7. The van der Waals surface area contributed by atoms with Gasteiger partial charge in [0.2, 0.25) is 11.8 Å². The number of carbonyl (C=O) groups excluding carboxylic acids is 2. The fraction of sp³-hybridized carbons (Fsp3) is 0.684. The Kier molecular flexibility index (Phi) is 6.33. The number of likely N-dealkylation sites (tertiary alicyclic amines) is 1. The van der Waals surface area contributed by atoms with Crippen LogP contribution < -0.4 is 0 Å². The molecular weight excluding hydrogens is 364 g/mol. The quantitative estimate of drug-likeness (QED) is 0.706. The summed E-state index contributed by atoms with van der Waals surface area (Å²) in [6.45, 7) is 3.28. The van der Waals surface area contributed by atoms with E-state index < -0.39 is 0 Å². The fourth-order valence-electron chi connectivity index (χ4n) is 5.01. The SMILES string of the molecule is Cc1cnn(CC(=O)N2C[C@H]3C[C@@H](C2)[C@H](CO)N2C(=O)CCC[C@@H]32)c1.O=CO. The van der Waals surface area contributed by atoms with Gasteiger partial charge in [0.15, 0.2) is 0 Å². The van der Waals surface area contributed by atoms with Crippen molar-refractivity contribution in [2.24, 2.45) is 11.8 Å². The summed E-state index contributed by atoms with van der Waals surface area (Å²) >= 11 is 0. The normalized spacial score (nSPS) is 28.9. The molecule has 2 bridgehead atoms. The van der Waals surface area contributed by atoms with E-state index in [9.17, 15) is 14.7 Å². The molecule has 0 saturated carbocycles. The molecular formula is C19H28N4O5. The maximum absolute atomic E-state index is 12.7. The number of amides is 2. The molecule has 4 atom stereocenters. The van der Waals surface area contributed by atoms with E-state index in [1.165, 1.54) is 0 Å². The summed E-state index contributed by atoms with van der Waals surface area (Å²) in [5, 5.41) is 21.0. The molecule has 0 radical (unpaired) electrons. The molecule has 0 unspecified atom stereocenters. The Balaban J connectivity index is 0.000000706. The average molecular weight is 392 g/mol.